The van der Waals surface area contributed by atoms with Gasteiger partial charge in [-0.25, -0.2) is 0 Å². The van der Waals surface area contributed by atoms with Crippen molar-refractivity contribution in [3.63, 3.8) is 0 Å². The SMILES string of the molecule is CC(C)CN(CC(C)C)C(=O)C1(C(N)=NO)CCCCC1. The molecule has 0 atom stereocenters. The van der Waals surface area contributed by atoms with Gasteiger partial charge in [-0.1, -0.05) is 52.1 Å². The van der Waals surface area contributed by atoms with E-state index in [2.05, 4.69) is 32.9 Å². The Bertz CT molecular complexity index is 362. The molecular formula is C16H31N3O2. The van der Waals surface area contributed by atoms with E-state index in [4.69, 9.17) is 10.9 Å². The van der Waals surface area contributed by atoms with Crippen LogP contribution in [0, 0.1) is 17.3 Å². The van der Waals surface area contributed by atoms with Crippen LogP contribution in [0.3, 0.4) is 0 Å². The first kappa shape index (κ1) is 17.8. The lowest BCUT2D eigenvalue weighted by Crippen LogP contribution is -2.53. The number of carbonyl (C=O) groups excluding carboxylic acids is 1. The second-order valence-corrected chi connectivity index (χ2v) is 7.13. The summed E-state index contributed by atoms with van der Waals surface area (Å²) in [7, 11) is 0. The van der Waals surface area contributed by atoms with Crippen LogP contribution < -0.4 is 5.73 Å². The van der Waals surface area contributed by atoms with Crippen molar-refractivity contribution in [3.05, 3.63) is 0 Å². The summed E-state index contributed by atoms with van der Waals surface area (Å²) in [4.78, 5) is 15.1. The Morgan fingerprint density at radius 1 is 1.14 bits per heavy atom. The number of rotatable bonds is 6. The first-order valence-electron chi connectivity index (χ1n) is 8.11. The zero-order valence-electron chi connectivity index (χ0n) is 13.9. The van der Waals surface area contributed by atoms with E-state index in [9.17, 15) is 4.79 Å². The molecule has 3 N–H and O–H groups in total. The van der Waals surface area contributed by atoms with Gasteiger partial charge in [0.1, 0.15) is 5.41 Å². The number of nitrogens with zero attached hydrogens (tertiary/aromatic N) is 2. The number of hydrogen-bond acceptors (Lipinski definition) is 3. The zero-order valence-corrected chi connectivity index (χ0v) is 13.9. The maximum atomic E-state index is 13.1. The molecule has 1 rings (SSSR count). The molecular weight excluding hydrogens is 266 g/mol. The molecule has 0 spiro atoms. The first-order chi connectivity index (χ1) is 9.83. The molecule has 1 aliphatic carbocycles. The molecule has 0 heterocycles. The molecule has 5 heteroatoms. The summed E-state index contributed by atoms with van der Waals surface area (Å²) in [6.45, 7) is 9.87. The van der Waals surface area contributed by atoms with Crippen LogP contribution in [0.25, 0.3) is 0 Å². The molecule has 0 aromatic carbocycles. The largest absolute Gasteiger partial charge is 0.409 e. The molecule has 122 valence electrons. The van der Waals surface area contributed by atoms with E-state index in [-0.39, 0.29) is 11.7 Å². The monoisotopic (exact) mass is 297 g/mol. The summed E-state index contributed by atoms with van der Waals surface area (Å²) in [6, 6.07) is 0. The van der Waals surface area contributed by atoms with Crippen molar-refractivity contribution in [1.29, 1.82) is 0 Å². The minimum Gasteiger partial charge on any atom is -0.409 e. The number of carbonyl (C=O) groups is 1. The van der Waals surface area contributed by atoms with Crippen molar-refractivity contribution in [2.45, 2.75) is 59.8 Å². The minimum absolute atomic E-state index is 0.0416. The molecule has 21 heavy (non-hydrogen) atoms. The Morgan fingerprint density at radius 2 is 1.62 bits per heavy atom. The summed E-state index contributed by atoms with van der Waals surface area (Å²) in [6.07, 6.45) is 4.41. The third kappa shape index (κ3) is 4.35. The molecule has 0 bridgehead atoms. The molecule has 0 aromatic rings. The van der Waals surface area contributed by atoms with E-state index in [1.54, 1.807) is 0 Å². The number of amidine groups is 1. The Balaban J connectivity index is 3.05. The van der Waals surface area contributed by atoms with Crippen LogP contribution in [0.15, 0.2) is 5.16 Å². The summed E-state index contributed by atoms with van der Waals surface area (Å²) >= 11 is 0. The van der Waals surface area contributed by atoms with Gasteiger partial charge < -0.3 is 15.8 Å². The molecule has 1 fully saturated rings. The highest BCUT2D eigenvalue weighted by molar-refractivity contribution is 6.06. The lowest BCUT2D eigenvalue weighted by molar-refractivity contribution is -0.141. The van der Waals surface area contributed by atoms with Crippen molar-refractivity contribution in [2.75, 3.05) is 13.1 Å². The van der Waals surface area contributed by atoms with Crippen LogP contribution in [0.2, 0.25) is 0 Å². The summed E-state index contributed by atoms with van der Waals surface area (Å²) in [5, 5.41) is 12.3. The van der Waals surface area contributed by atoms with E-state index in [0.717, 1.165) is 32.4 Å². The van der Waals surface area contributed by atoms with Gasteiger partial charge in [0, 0.05) is 13.1 Å². The Hall–Kier alpha value is -1.26. The van der Waals surface area contributed by atoms with Gasteiger partial charge in [0.05, 0.1) is 0 Å². The van der Waals surface area contributed by atoms with Crippen LogP contribution in [-0.4, -0.2) is 34.9 Å². The number of oxime groups is 1. The van der Waals surface area contributed by atoms with Crippen molar-refractivity contribution in [2.24, 2.45) is 28.1 Å². The zero-order chi connectivity index (χ0) is 16.0. The molecule has 1 aliphatic rings. The smallest absolute Gasteiger partial charge is 0.236 e. The highest BCUT2D eigenvalue weighted by atomic mass is 16.4. The van der Waals surface area contributed by atoms with E-state index in [0.29, 0.717) is 24.7 Å². The number of nitrogens with two attached hydrogens (primary N) is 1. The molecule has 0 saturated heterocycles. The standard InChI is InChI=1S/C16H31N3O2/c1-12(2)10-19(11-13(3)4)15(20)16(14(17)18-21)8-6-5-7-9-16/h12-13,21H,5-11H2,1-4H3,(H2,17,18). The van der Waals surface area contributed by atoms with Crippen molar-refractivity contribution >= 4 is 11.7 Å². The van der Waals surface area contributed by atoms with Crippen LogP contribution in [0.5, 0.6) is 0 Å². The highest BCUT2D eigenvalue weighted by Crippen LogP contribution is 2.38. The molecule has 0 aliphatic heterocycles. The topological polar surface area (TPSA) is 78.9 Å². The van der Waals surface area contributed by atoms with Crippen LogP contribution in [-0.2, 0) is 4.79 Å². The summed E-state index contributed by atoms with van der Waals surface area (Å²) < 4.78 is 0. The van der Waals surface area contributed by atoms with Gasteiger partial charge in [-0.3, -0.25) is 4.79 Å². The molecule has 0 radical (unpaired) electrons. The fourth-order valence-electron chi connectivity index (χ4n) is 3.26. The highest BCUT2D eigenvalue weighted by Gasteiger charge is 2.46. The normalized spacial score (nSPS) is 19.0. The third-order valence-electron chi connectivity index (χ3n) is 4.17. The van der Waals surface area contributed by atoms with Gasteiger partial charge in [-0.15, -0.1) is 0 Å². The van der Waals surface area contributed by atoms with Gasteiger partial charge in [-0.05, 0) is 24.7 Å². The van der Waals surface area contributed by atoms with E-state index >= 15 is 0 Å². The first-order valence-corrected chi connectivity index (χ1v) is 8.11. The Kier molecular flexibility index (Phi) is 6.49. The molecule has 0 aromatic heterocycles. The molecule has 5 nitrogen and oxygen atoms in total. The van der Waals surface area contributed by atoms with Crippen LogP contribution in [0.4, 0.5) is 0 Å². The average molecular weight is 297 g/mol. The molecule has 0 unspecified atom stereocenters. The quantitative estimate of drug-likeness (QED) is 0.342. The predicted molar refractivity (Wildman–Crippen MR) is 85.2 cm³/mol. The number of amides is 1. The Labute approximate surface area is 128 Å². The third-order valence-corrected chi connectivity index (χ3v) is 4.17. The predicted octanol–water partition coefficient (Wildman–Crippen LogP) is 2.82. The lowest BCUT2D eigenvalue weighted by atomic mass is 9.72. The van der Waals surface area contributed by atoms with Gasteiger partial charge in [0.15, 0.2) is 5.84 Å². The van der Waals surface area contributed by atoms with Gasteiger partial charge in [-0.2, -0.15) is 0 Å². The Morgan fingerprint density at radius 3 is 2.00 bits per heavy atom. The van der Waals surface area contributed by atoms with E-state index in [1.165, 1.54) is 0 Å². The maximum absolute atomic E-state index is 13.1. The number of hydrogen-bond donors (Lipinski definition) is 2. The maximum Gasteiger partial charge on any atom is 0.236 e. The van der Waals surface area contributed by atoms with Crippen molar-refractivity contribution in [3.8, 4) is 0 Å². The molecule has 1 saturated carbocycles. The fourth-order valence-corrected chi connectivity index (χ4v) is 3.26. The van der Waals surface area contributed by atoms with Crippen molar-refractivity contribution in [1.82, 2.24) is 4.90 Å². The van der Waals surface area contributed by atoms with Crippen molar-refractivity contribution < 1.29 is 10.0 Å². The van der Waals surface area contributed by atoms with E-state index in [1.807, 2.05) is 4.90 Å². The minimum atomic E-state index is -0.795. The van der Waals surface area contributed by atoms with Crippen LogP contribution in [0.1, 0.15) is 59.8 Å². The summed E-state index contributed by atoms with van der Waals surface area (Å²) in [5.74, 6) is 0.936. The van der Waals surface area contributed by atoms with E-state index < -0.39 is 5.41 Å². The molecule has 1 amide bonds. The van der Waals surface area contributed by atoms with Gasteiger partial charge in [0.2, 0.25) is 5.91 Å². The van der Waals surface area contributed by atoms with Crippen LogP contribution >= 0.6 is 0 Å². The second-order valence-electron chi connectivity index (χ2n) is 7.13. The second kappa shape index (κ2) is 7.66. The summed E-state index contributed by atoms with van der Waals surface area (Å²) in [5.41, 5.74) is 5.14. The fraction of sp³-hybridized carbons (Fsp3) is 0.875. The van der Waals surface area contributed by atoms with Gasteiger partial charge >= 0.3 is 0 Å². The van der Waals surface area contributed by atoms with Gasteiger partial charge in [0.25, 0.3) is 0 Å². The lowest BCUT2D eigenvalue weighted by Gasteiger charge is -2.40. The average Bonchev–Trinajstić information content (AvgIpc) is 2.44.